The first-order valence-electron chi connectivity index (χ1n) is 7.92. The molecular weight excluding hydrogens is 264 g/mol. The lowest BCUT2D eigenvalue weighted by molar-refractivity contribution is -0.126. The van der Waals surface area contributed by atoms with E-state index >= 15 is 0 Å². The smallest absolute Gasteiger partial charge is 0.227 e. The molecule has 21 heavy (non-hydrogen) atoms. The highest BCUT2D eigenvalue weighted by Gasteiger charge is 2.33. The number of rotatable bonds is 3. The third-order valence-corrected chi connectivity index (χ3v) is 4.81. The van der Waals surface area contributed by atoms with Crippen molar-refractivity contribution in [3.8, 4) is 0 Å². The predicted molar refractivity (Wildman–Crippen MR) is 81.9 cm³/mol. The maximum atomic E-state index is 12.2. The summed E-state index contributed by atoms with van der Waals surface area (Å²) in [5.74, 6) is 0.538. The van der Waals surface area contributed by atoms with Crippen LogP contribution in [0.5, 0.6) is 0 Å². The first-order valence-corrected chi connectivity index (χ1v) is 7.92. The zero-order valence-corrected chi connectivity index (χ0v) is 12.3. The third kappa shape index (κ3) is 3.44. The van der Waals surface area contributed by atoms with Crippen molar-refractivity contribution in [3.63, 3.8) is 0 Å². The lowest BCUT2D eigenvalue weighted by Gasteiger charge is -2.30. The van der Waals surface area contributed by atoms with Crippen molar-refractivity contribution < 1.29 is 9.53 Å². The summed E-state index contributed by atoms with van der Waals surface area (Å²) < 4.78 is 5.27. The van der Waals surface area contributed by atoms with Crippen LogP contribution in [-0.4, -0.2) is 31.2 Å². The highest BCUT2D eigenvalue weighted by molar-refractivity contribution is 5.80. The Kier molecular flexibility index (Phi) is 4.56. The molecule has 0 radical (unpaired) electrons. The zero-order chi connectivity index (χ0) is 14.7. The van der Waals surface area contributed by atoms with Gasteiger partial charge in [-0.15, -0.1) is 0 Å². The molecule has 4 nitrogen and oxygen atoms in total. The number of amides is 1. The molecule has 1 heterocycles. The predicted octanol–water partition coefficient (Wildman–Crippen LogP) is 1.80. The fourth-order valence-electron chi connectivity index (χ4n) is 3.45. The van der Waals surface area contributed by atoms with E-state index in [0.717, 1.165) is 25.7 Å². The Morgan fingerprint density at radius 2 is 1.81 bits per heavy atom. The Morgan fingerprint density at radius 1 is 1.10 bits per heavy atom. The van der Waals surface area contributed by atoms with Gasteiger partial charge in [0, 0.05) is 12.1 Å². The summed E-state index contributed by atoms with van der Waals surface area (Å²) in [6.45, 7) is 0.963. The van der Waals surface area contributed by atoms with Crippen molar-refractivity contribution in [1.29, 1.82) is 0 Å². The van der Waals surface area contributed by atoms with Crippen molar-refractivity contribution >= 4 is 5.91 Å². The monoisotopic (exact) mass is 288 g/mol. The SMILES string of the molecule is NC1COCC1C(=O)NC1CCC(c2ccccc2)CC1. The van der Waals surface area contributed by atoms with Crippen LogP contribution in [0.1, 0.15) is 37.2 Å². The molecule has 2 unspecified atom stereocenters. The van der Waals surface area contributed by atoms with E-state index in [1.807, 2.05) is 0 Å². The van der Waals surface area contributed by atoms with Crippen molar-refractivity contribution in [2.45, 2.75) is 43.7 Å². The molecular formula is C17H24N2O2. The summed E-state index contributed by atoms with van der Waals surface area (Å²) >= 11 is 0. The van der Waals surface area contributed by atoms with Crippen LogP contribution < -0.4 is 11.1 Å². The molecule has 1 aromatic carbocycles. The standard InChI is InChI=1S/C17H24N2O2/c18-16-11-21-10-15(16)17(20)19-14-8-6-13(7-9-14)12-4-2-1-3-5-12/h1-5,13-16H,6-11,18H2,(H,19,20). The number of nitrogens with one attached hydrogen (secondary N) is 1. The molecule has 1 aliphatic carbocycles. The maximum Gasteiger partial charge on any atom is 0.227 e. The molecule has 2 aliphatic rings. The quantitative estimate of drug-likeness (QED) is 0.891. The largest absolute Gasteiger partial charge is 0.379 e. The summed E-state index contributed by atoms with van der Waals surface area (Å²) in [6, 6.07) is 10.8. The summed E-state index contributed by atoms with van der Waals surface area (Å²) in [5, 5.41) is 3.16. The fraction of sp³-hybridized carbons (Fsp3) is 0.588. The second-order valence-corrected chi connectivity index (χ2v) is 6.28. The van der Waals surface area contributed by atoms with Crippen molar-refractivity contribution in [3.05, 3.63) is 35.9 Å². The highest BCUT2D eigenvalue weighted by Crippen LogP contribution is 2.32. The number of carbonyl (C=O) groups is 1. The van der Waals surface area contributed by atoms with E-state index in [1.54, 1.807) is 0 Å². The molecule has 3 rings (SSSR count). The highest BCUT2D eigenvalue weighted by atomic mass is 16.5. The minimum absolute atomic E-state index is 0.0724. The Labute approximate surface area is 126 Å². The van der Waals surface area contributed by atoms with Crippen LogP contribution in [0.25, 0.3) is 0 Å². The number of hydrogen-bond acceptors (Lipinski definition) is 3. The molecule has 2 atom stereocenters. The first-order chi connectivity index (χ1) is 10.2. The molecule has 1 saturated carbocycles. The van der Waals surface area contributed by atoms with Gasteiger partial charge in [0.1, 0.15) is 0 Å². The van der Waals surface area contributed by atoms with Gasteiger partial charge in [0.15, 0.2) is 0 Å². The van der Waals surface area contributed by atoms with Crippen LogP contribution in [0.4, 0.5) is 0 Å². The molecule has 3 N–H and O–H groups in total. The van der Waals surface area contributed by atoms with E-state index in [0.29, 0.717) is 25.2 Å². The third-order valence-electron chi connectivity index (χ3n) is 4.81. The minimum atomic E-state index is -0.170. The lowest BCUT2D eigenvalue weighted by Crippen LogP contribution is -2.45. The summed E-state index contributed by atoms with van der Waals surface area (Å²) in [5.41, 5.74) is 7.32. The van der Waals surface area contributed by atoms with E-state index in [2.05, 4.69) is 35.6 Å². The first kappa shape index (κ1) is 14.5. The molecule has 1 aromatic rings. The summed E-state index contributed by atoms with van der Waals surface area (Å²) in [7, 11) is 0. The van der Waals surface area contributed by atoms with Gasteiger partial charge in [0.25, 0.3) is 0 Å². The van der Waals surface area contributed by atoms with Gasteiger partial charge in [-0.05, 0) is 37.2 Å². The average Bonchev–Trinajstić information content (AvgIpc) is 2.95. The maximum absolute atomic E-state index is 12.2. The molecule has 0 bridgehead atoms. The molecule has 4 heteroatoms. The molecule has 1 saturated heterocycles. The van der Waals surface area contributed by atoms with Gasteiger partial charge < -0.3 is 15.8 Å². The van der Waals surface area contributed by atoms with Crippen molar-refractivity contribution in [1.82, 2.24) is 5.32 Å². The Morgan fingerprint density at radius 3 is 2.43 bits per heavy atom. The van der Waals surface area contributed by atoms with Gasteiger partial charge in [0.2, 0.25) is 5.91 Å². The summed E-state index contributed by atoms with van der Waals surface area (Å²) in [4.78, 5) is 12.2. The average molecular weight is 288 g/mol. The van der Waals surface area contributed by atoms with E-state index in [1.165, 1.54) is 5.56 Å². The van der Waals surface area contributed by atoms with Gasteiger partial charge in [0.05, 0.1) is 19.1 Å². The van der Waals surface area contributed by atoms with Crippen LogP contribution >= 0.6 is 0 Å². The van der Waals surface area contributed by atoms with Crippen LogP contribution in [0, 0.1) is 5.92 Å². The van der Waals surface area contributed by atoms with Crippen LogP contribution in [-0.2, 0) is 9.53 Å². The number of ether oxygens (including phenoxy) is 1. The molecule has 114 valence electrons. The van der Waals surface area contributed by atoms with E-state index in [9.17, 15) is 4.79 Å². The molecule has 2 fully saturated rings. The van der Waals surface area contributed by atoms with Crippen molar-refractivity contribution in [2.24, 2.45) is 11.7 Å². The zero-order valence-electron chi connectivity index (χ0n) is 12.3. The van der Waals surface area contributed by atoms with Crippen LogP contribution in [0.15, 0.2) is 30.3 Å². The lowest BCUT2D eigenvalue weighted by atomic mass is 9.81. The Bertz CT molecular complexity index is 469. The van der Waals surface area contributed by atoms with Crippen LogP contribution in [0.2, 0.25) is 0 Å². The molecule has 1 aliphatic heterocycles. The topological polar surface area (TPSA) is 64.3 Å². The second kappa shape index (κ2) is 6.58. The molecule has 0 aromatic heterocycles. The second-order valence-electron chi connectivity index (χ2n) is 6.28. The minimum Gasteiger partial charge on any atom is -0.379 e. The van der Waals surface area contributed by atoms with E-state index < -0.39 is 0 Å². The Balaban J connectivity index is 1.49. The number of benzene rings is 1. The van der Waals surface area contributed by atoms with E-state index in [-0.39, 0.29) is 17.9 Å². The van der Waals surface area contributed by atoms with E-state index in [4.69, 9.17) is 10.5 Å². The number of nitrogens with two attached hydrogens (primary N) is 1. The Hall–Kier alpha value is -1.39. The molecule has 0 spiro atoms. The van der Waals surface area contributed by atoms with Gasteiger partial charge in [-0.2, -0.15) is 0 Å². The van der Waals surface area contributed by atoms with Crippen molar-refractivity contribution in [2.75, 3.05) is 13.2 Å². The van der Waals surface area contributed by atoms with Gasteiger partial charge in [-0.25, -0.2) is 0 Å². The molecule has 1 amide bonds. The van der Waals surface area contributed by atoms with Gasteiger partial charge in [-0.1, -0.05) is 30.3 Å². The number of carbonyl (C=O) groups excluding carboxylic acids is 1. The van der Waals surface area contributed by atoms with Crippen LogP contribution in [0.3, 0.4) is 0 Å². The normalized spacial score (nSPS) is 32.8. The fourth-order valence-corrected chi connectivity index (χ4v) is 3.45. The van der Waals surface area contributed by atoms with Gasteiger partial charge in [-0.3, -0.25) is 4.79 Å². The summed E-state index contributed by atoms with van der Waals surface area (Å²) in [6.07, 6.45) is 4.38. The number of hydrogen-bond donors (Lipinski definition) is 2. The van der Waals surface area contributed by atoms with Gasteiger partial charge >= 0.3 is 0 Å².